The van der Waals surface area contributed by atoms with Crippen molar-refractivity contribution in [1.82, 2.24) is 9.80 Å². The summed E-state index contributed by atoms with van der Waals surface area (Å²) in [4.78, 5) is 31.4. The minimum absolute atomic E-state index is 0.0502. The fourth-order valence-electron chi connectivity index (χ4n) is 4.40. The summed E-state index contributed by atoms with van der Waals surface area (Å²) in [5.74, 6) is 1.31. The molecule has 0 saturated heterocycles. The third-order valence-corrected chi connectivity index (χ3v) is 7.42. The van der Waals surface area contributed by atoms with Crippen LogP contribution in [0.2, 0.25) is 0 Å². The van der Waals surface area contributed by atoms with Crippen LogP contribution in [0.5, 0.6) is 5.75 Å². The van der Waals surface area contributed by atoms with Crippen molar-refractivity contribution in [2.45, 2.75) is 32.2 Å². The number of thiophene rings is 1. The third kappa shape index (κ3) is 4.83. The molecule has 0 unspecified atom stereocenters. The van der Waals surface area contributed by atoms with Crippen LogP contribution in [0.4, 0.5) is 0 Å². The number of carbonyl (C=O) groups excluding carboxylic acids is 2. The van der Waals surface area contributed by atoms with Gasteiger partial charge < -0.3 is 19.0 Å². The lowest BCUT2D eigenvalue weighted by Crippen LogP contribution is -2.48. The predicted molar refractivity (Wildman–Crippen MR) is 126 cm³/mol. The Morgan fingerprint density at radius 2 is 2.03 bits per heavy atom. The summed E-state index contributed by atoms with van der Waals surface area (Å²) < 4.78 is 11.5. The number of aryl methyl sites for hydroxylation is 1. The minimum Gasteiger partial charge on any atom is -0.491 e. The van der Waals surface area contributed by atoms with Crippen LogP contribution in [-0.4, -0.2) is 47.9 Å². The minimum atomic E-state index is -0.221. The molecule has 1 aromatic carbocycles. The number of hydrogen-bond donors (Lipinski definition) is 0. The van der Waals surface area contributed by atoms with Crippen LogP contribution >= 0.6 is 11.3 Å². The summed E-state index contributed by atoms with van der Waals surface area (Å²) >= 11 is 1.73. The van der Waals surface area contributed by atoms with Crippen molar-refractivity contribution in [2.24, 2.45) is 5.92 Å². The number of furan rings is 1. The molecule has 3 heterocycles. The molecule has 1 aliphatic carbocycles. The molecule has 0 spiro atoms. The summed E-state index contributed by atoms with van der Waals surface area (Å²) in [5.41, 5.74) is 2.22. The highest BCUT2D eigenvalue weighted by Crippen LogP contribution is 2.35. The van der Waals surface area contributed by atoms with E-state index in [1.165, 1.54) is 11.1 Å². The Labute approximate surface area is 197 Å². The summed E-state index contributed by atoms with van der Waals surface area (Å²) in [6.45, 7) is 3.67. The Kier molecular flexibility index (Phi) is 6.22. The van der Waals surface area contributed by atoms with E-state index in [2.05, 4.69) is 11.4 Å². The molecule has 1 aliphatic heterocycles. The lowest BCUT2D eigenvalue weighted by atomic mass is 10.00. The monoisotopic (exact) mass is 464 g/mol. The predicted octanol–water partition coefficient (Wildman–Crippen LogP) is 4.71. The van der Waals surface area contributed by atoms with Crippen LogP contribution in [0.3, 0.4) is 0 Å². The fourth-order valence-corrected chi connectivity index (χ4v) is 5.33. The topological polar surface area (TPSA) is 63.0 Å². The first-order valence-electron chi connectivity index (χ1n) is 11.5. The first kappa shape index (κ1) is 21.8. The first-order chi connectivity index (χ1) is 16.1. The molecular formula is C26H28N2O4S. The maximum absolute atomic E-state index is 13.6. The van der Waals surface area contributed by atoms with E-state index in [4.69, 9.17) is 9.15 Å². The van der Waals surface area contributed by atoms with E-state index in [0.29, 0.717) is 25.6 Å². The molecule has 2 amide bonds. The summed E-state index contributed by atoms with van der Waals surface area (Å²) in [7, 11) is 0. The molecule has 3 aromatic rings. The second kappa shape index (κ2) is 9.43. The van der Waals surface area contributed by atoms with E-state index >= 15 is 0 Å². The quantitative estimate of drug-likeness (QED) is 0.485. The van der Waals surface area contributed by atoms with Gasteiger partial charge >= 0.3 is 0 Å². The number of hydrogen-bond acceptors (Lipinski definition) is 5. The summed E-state index contributed by atoms with van der Waals surface area (Å²) in [6, 6.07) is 13.2. The zero-order valence-corrected chi connectivity index (χ0v) is 19.6. The molecule has 2 aromatic heterocycles. The normalized spacial score (nSPS) is 17.5. The SMILES string of the molecule is Cc1ccccc1OC[C@H]1c2ccsc2CCN1C(=O)CN(CC1CC1)C(=O)c1ccco1. The van der Waals surface area contributed by atoms with Gasteiger partial charge in [-0.05, 0) is 72.9 Å². The molecule has 0 radical (unpaired) electrons. The van der Waals surface area contributed by atoms with Crippen LogP contribution in [0, 0.1) is 12.8 Å². The lowest BCUT2D eigenvalue weighted by molar-refractivity contribution is -0.135. The number of rotatable bonds is 8. The van der Waals surface area contributed by atoms with Crippen molar-refractivity contribution in [1.29, 1.82) is 0 Å². The molecular weight excluding hydrogens is 436 g/mol. The number of amides is 2. The maximum atomic E-state index is 13.6. The van der Waals surface area contributed by atoms with E-state index in [9.17, 15) is 9.59 Å². The largest absolute Gasteiger partial charge is 0.491 e. The van der Waals surface area contributed by atoms with Gasteiger partial charge in [0.2, 0.25) is 5.91 Å². The van der Waals surface area contributed by atoms with Crippen LogP contribution in [0.1, 0.15) is 45.4 Å². The maximum Gasteiger partial charge on any atom is 0.290 e. The Morgan fingerprint density at radius 3 is 2.79 bits per heavy atom. The highest BCUT2D eigenvalue weighted by molar-refractivity contribution is 7.10. The Balaban J connectivity index is 1.34. The van der Waals surface area contributed by atoms with Crippen LogP contribution < -0.4 is 4.74 Å². The van der Waals surface area contributed by atoms with Crippen LogP contribution in [0.15, 0.2) is 58.5 Å². The third-order valence-electron chi connectivity index (χ3n) is 6.43. The molecule has 0 N–H and O–H groups in total. The smallest absolute Gasteiger partial charge is 0.290 e. The highest BCUT2D eigenvalue weighted by atomic mass is 32.1. The fraction of sp³-hybridized carbons (Fsp3) is 0.385. The number of nitrogens with zero attached hydrogens (tertiary/aromatic N) is 2. The van der Waals surface area contributed by atoms with E-state index in [-0.39, 0.29) is 30.2 Å². The number of ether oxygens (including phenoxy) is 1. The zero-order chi connectivity index (χ0) is 22.8. The average molecular weight is 465 g/mol. The molecule has 1 fully saturated rings. The van der Waals surface area contributed by atoms with E-state index in [1.807, 2.05) is 36.1 Å². The number of para-hydroxylation sites is 1. The van der Waals surface area contributed by atoms with Gasteiger partial charge in [0, 0.05) is 18.0 Å². The van der Waals surface area contributed by atoms with Gasteiger partial charge in [-0.1, -0.05) is 18.2 Å². The van der Waals surface area contributed by atoms with Crippen molar-refractivity contribution in [3.8, 4) is 5.75 Å². The second-order valence-corrected chi connectivity index (χ2v) is 9.84. The van der Waals surface area contributed by atoms with Crippen molar-refractivity contribution in [3.05, 3.63) is 75.9 Å². The standard InChI is InChI=1S/C26H28N2O4S/c1-18-5-2-3-6-22(18)32-17-21-20-11-14-33-24(20)10-12-28(21)25(29)16-27(15-19-8-9-19)26(30)23-7-4-13-31-23/h2-7,11,13-14,19,21H,8-10,12,15-17H2,1H3/t21-/m0/s1. The van der Waals surface area contributed by atoms with Gasteiger partial charge in [-0.2, -0.15) is 0 Å². The van der Waals surface area contributed by atoms with Crippen LogP contribution in [-0.2, 0) is 11.2 Å². The van der Waals surface area contributed by atoms with Gasteiger partial charge in [0.25, 0.3) is 5.91 Å². The molecule has 172 valence electrons. The van der Waals surface area contributed by atoms with Gasteiger partial charge in [0.15, 0.2) is 5.76 Å². The summed E-state index contributed by atoms with van der Waals surface area (Å²) in [6.07, 6.45) is 4.52. The van der Waals surface area contributed by atoms with E-state index < -0.39 is 0 Å². The number of carbonyl (C=O) groups is 2. The van der Waals surface area contributed by atoms with Gasteiger partial charge in [-0.15, -0.1) is 11.3 Å². The molecule has 6 nitrogen and oxygen atoms in total. The van der Waals surface area contributed by atoms with Crippen molar-refractivity contribution in [3.63, 3.8) is 0 Å². The molecule has 2 aliphatic rings. The lowest BCUT2D eigenvalue weighted by Gasteiger charge is -2.37. The second-order valence-electron chi connectivity index (χ2n) is 8.83. The molecule has 5 rings (SSSR count). The number of fused-ring (bicyclic) bond motifs is 1. The first-order valence-corrected chi connectivity index (χ1v) is 12.3. The molecule has 0 bridgehead atoms. The van der Waals surface area contributed by atoms with Crippen molar-refractivity contribution >= 4 is 23.2 Å². The highest BCUT2D eigenvalue weighted by Gasteiger charge is 2.35. The molecule has 1 saturated carbocycles. The average Bonchev–Trinajstić information content (AvgIpc) is 3.26. The Bertz CT molecular complexity index is 1120. The van der Waals surface area contributed by atoms with Gasteiger partial charge in [0.05, 0.1) is 12.3 Å². The Hall–Kier alpha value is -3.06. The summed E-state index contributed by atoms with van der Waals surface area (Å²) in [5, 5.41) is 2.08. The Morgan fingerprint density at radius 1 is 1.18 bits per heavy atom. The molecule has 33 heavy (non-hydrogen) atoms. The zero-order valence-electron chi connectivity index (χ0n) is 18.7. The van der Waals surface area contributed by atoms with Gasteiger partial charge in [0.1, 0.15) is 18.9 Å². The molecule has 1 atom stereocenters. The van der Waals surface area contributed by atoms with Crippen molar-refractivity contribution < 1.29 is 18.7 Å². The van der Waals surface area contributed by atoms with Gasteiger partial charge in [-0.25, -0.2) is 0 Å². The molecule has 7 heteroatoms. The van der Waals surface area contributed by atoms with Gasteiger partial charge in [-0.3, -0.25) is 9.59 Å². The van der Waals surface area contributed by atoms with E-state index in [0.717, 1.165) is 36.1 Å². The van der Waals surface area contributed by atoms with Crippen molar-refractivity contribution in [2.75, 3.05) is 26.2 Å². The van der Waals surface area contributed by atoms with E-state index in [1.54, 1.807) is 28.4 Å². The number of benzene rings is 1. The van der Waals surface area contributed by atoms with Crippen LogP contribution in [0.25, 0.3) is 0 Å².